The molecule has 1 aliphatic carbocycles. The third-order valence-corrected chi connectivity index (χ3v) is 4.22. The Bertz CT molecular complexity index is 462. The number of hydrogen-bond acceptors (Lipinski definition) is 2. The van der Waals surface area contributed by atoms with E-state index in [1.807, 2.05) is 19.1 Å². The van der Waals surface area contributed by atoms with Gasteiger partial charge in [-0.3, -0.25) is 4.79 Å². The van der Waals surface area contributed by atoms with Gasteiger partial charge in [0.15, 0.2) is 0 Å². The molecule has 0 saturated heterocycles. The SMILES string of the molecule is Cc1ccc(N)cc1C(=O)NCC1(C(C)C)CC1. The van der Waals surface area contributed by atoms with Gasteiger partial charge in [0.05, 0.1) is 0 Å². The molecule has 0 bridgehead atoms. The van der Waals surface area contributed by atoms with E-state index in [0.717, 1.165) is 12.1 Å². The minimum absolute atomic E-state index is 0.00766. The molecular formula is C15H22N2O. The van der Waals surface area contributed by atoms with Crippen molar-refractivity contribution in [3.8, 4) is 0 Å². The Morgan fingerprint density at radius 3 is 2.67 bits per heavy atom. The number of amides is 1. The van der Waals surface area contributed by atoms with Crippen LogP contribution in [-0.4, -0.2) is 12.5 Å². The quantitative estimate of drug-likeness (QED) is 0.803. The molecule has 1 fully saturated rings. The standard InChI is InChI=1S/C15H22N2O/c1-10(2)15(6-7-15)9-17-14(18)13-8-12(16)5-4-11(13)3/h4-5,8,10H,6-7,9,16H2,1-3H3,(H,17,18). The van der Waals surface area contributed by atoms with E-state index in [9.17, 15) is 4.79 Å². The largest absolute Gasteiger partial charge is 0.399 e. The molecule has 3 N–H and O–H groups in total. The highest BCUT2D eigenvalue weighted by Gasteiger charge is 2.45. The predicted octanol–water partition coefficient (Wildman–Crippen LogP) is 2.74. The molecule has 2 rings (SSSR count). The Balaban J connectivity index is 2.02. The van der Waals surface area contributed by atoms with Gasteiger partial charge >= 0.3 is 0 Å². The van der Waals surface area contributed by atoms with Gasteiger partial charge < -0.3 is 11.1 Å². The number of nitrogen functional groups attached to an aromatic ring is 1. The summed E-state index contributed by atoms with van der Waals surface area (Å²) in [5.41, 5.74) is 8.36. The summed E-state index contributed by atoms with van der Waals surface area (Å²) in [6.45, 7) is 7.16. The number of carbonyl (C=O) groups is 1. The zero-order chi connectivity index (χ0) is 13.3. The van der Waals surface area contributed by atoms with Crippen LogP contribution in [0.5, 0.6) is 0 Å². The summed E-state index contributed by atoms with van der Waals surface area (Å²) in [5, 5.41) is 3.06. The molecule has 1 aromatic rings. The minimum Gasteiger partial charge on any atom is -0.399 e. The molecule has 3 heteroatoms. The van der Waals surface area contributed by atoms with E-state index in [1.54, 1.807) is 6.07 Å². The molecule has 0 unspecified atom stereocenters. The van der Waals surface area contributed by atoms with Gasteiger partial charge in [-0.2, -0.15) is 0 Å². The molecule has 0 aromatic heterocycles. The highest BCUT2D eigenvalue weighted by Crippen LogP contribution is 2.51. The van der Waals surface area contributed by atoms with Crippen molar-refractivity contribution in [3.63, 3.8) is 0 Å². The van der Waals surface area contributed by atoms with E-state index in [0.29, 0.717) is 22.6 Å². The lowest BCUT2D eigenvalue weighted by molar-refractivity contribution is 0.0939. The van der Waals surface area contributed by atoms with Crippen molar-refractivity contribution in [2.45, 2.75) is 33.6 Å². The minimum atomic E-state index is -0.00766. The van der Waals surface area contributed by atoms with Crippen LogP contribution in [0.4, 0.5) is 5.69 Å². The molecule has 0 atom stereocenters. The first kappa shape index (κ1) is 12.9. The second kappa shape index (κ2) is 4.63. The average Bonchev–Trinajstić information content (AvgIpc) is 3.10. The summed E-state index contributed by atoms with van der Waals surface area (Å²) in [4.78, 5) is 12.1. The summed E-state index contributed by atoms with van der Waals surface area (Å²) in [7, 11) is 0. The maximum atomic E-state index is 12.1. The second-order valence-corrected chi connectivity index (χ2v) is 5.77. The summed E-state index contributed by atoms with van der Waals surface area (Å²) < 4.78 is 0. The Labute approximate surface area is 109 Å². The summed E-state index contributed by atoms with van der Waals surface area (Å²) in [5.74, 6) is 0.617. The predicted molar refractivity (Wildman–Crippen MR) is 74.4 cm³/mol. The zero-order valence-corrected chi connectivity index (χ0v) is 11.4. The van der Waals surface area contributed by atoms with Crippen LogP contribution in [0.25, 0.3) is 0 Å². The molecular weight excluding hydrogens is 224 g/mol. The van der Waals surface area contributed by atoms with Gasteiger partial charge in [0, 0.05) is 17.8 Å². The van der Waals surface area contributed by atoms with Crippen LogP contribution >= 0.6 is 0 Å². The molecule has 18 heavy (non-hydrogen) atoms. The number of hydrogen-bond donors (Lipinski definition) is 2. The zero-order valence-electron chi connectivity index (χ0n) is 11.4. The summed E-state index contributed by atoms with van der Waals surface area (Å²) >= 11 is 0. The van der Waals surface area contributed by atoms with Crippen LogP contribution in [0.3, 0.4) is 0 Å². The first-order valence-corrected chi connectivity index (χ1v) is 6.59. The Morgan fingerprint density at radius 2 is 2.11 bits per heavy atom. The maximum absolute atomic E-state index is 12.1. The van der Waals surface area contributed by atoms with Gasteiger partial charge in [-0.1, -0.05) is 19.9 Å². The molecule has 1 saturated carbocycles. The van der Waals surface area contributed by atoms with Crippen LogP contribution in [-0.2, 0) is 0 Å². The summed E-state index contributed by atoms with van der Waals surface area (Å²) in [6.07, 6.45) is 2.45. The van der Waals surface area contributed by atoms with Crippen LogP contribution in [0.1, 0.15) is 42.6 Å². The Hall–Kier alpha value is -1.51. The number of aryl methyl sites for hydroxylation is 1. The molecule has 3 nitrogen and oxygen atoms in total. The Kier molecular flexibility index (Phi) is 3.33. The fourth-order valence-corrected chi connectivity index (χ4v) is 2.35. The highest BCUT2D eigenvalue weighted by atomic mass is 16.1. The molecule has 0 spiro atoms. The van der Waals surface area contributed by atoms with Crippen LogP contribution in [0, 0.1) is 18.3 Å². The summed E-state index contributed by atoms with van der Waals surface area (Å²) in [6, 6.07) is 5.46. The molecule has 1 aliphatic rings. The first-order chi connectivity index (χ1) is 8.44. The monoisotopic (exact) mass is 246 g/mol. The van der Waals surface area contributed by atoms with E-state index in [-0.39, 0.29) is 5.91 Å². The topological polar surface area (TPSA) is 55.1 Å². The molecule has 1 amide bonds. The van der Waals surface area contributed by atoms with Gasteiger partial charge in [-0.15, -0.1) is 0 Å². The third-order valence-electron chi connectivity index (χ3n) is 4.22. The van der Waals surface area contributed by atoms with Gasteiger partial charge in [-0.25, -0.2) is 0 Å². The molecule has 0 radical (unpaired) electrons. The van der Waals surface area contributed by atoms with Gasteiger partial charge in [0.25, 0.3) is 5.91 Å². The number of benzene rings is 1. The van der Waals surface area contributed by atoms with E-state index >= 15 is 0 Å². The highest BCUT2D eigenvalue weighted by molar-refractivity contribution is 5.96. The number of nitrogens with one attached hydrogen (secondary N) is 1. The maximum Gasteiger partial charge on any atom is 0.251 e. The van der Waals surface area contributed by atoms with Crippen molar-refractivity contribution in [1.82, 2.24) is 5.32 Å². The van der Waals surface area contributed by atoms with E-state index in [1.165, 1.54) is 12.8 Å². The average molecular weight is 246 g/mol. The number of carbonyl (C=O) groups excluding carboxylic acids is 1. The third kappa shape index (κ3) is 2.50. The smallest absolute Gasteiger partial charge is 0.251 e. The van der Waals surface area contributed by atoms with Crippen molar-refractivity contribution in [2.24, 2.45) is 11.3 Å². The van der Waals surface area contributed by atoms with Gasteiger partial charge in [-0.05, 0) is 48.8 Å². The van der Waals surface area contributed by atoms with Crippen molar-refractivity contribution >= 4 is 11.6 Å². The Morgan fingerprint density at radius 1 is 1.44 bits per heavy atom. The van der Waals surface area contributed by atoms with Crippen LogP contribution < -0.4 is 11.1 Å². The van der Waals surface area contributed by atoms with E-state index < -0.39 is 0 Å². The van der Waals surface area contributed by atoms with E-state index in [2.05, 4.69) is 19.2 Å². The van der Waals surface area contributed by atoms with Crippen molar-refractivity contribution < 1.29 is 4.79 Å². The van der Waals surface area contributed by atoms with Gasteiger partial charge in [0.2, 0.25) is 0 Å². The lowest BCUT2D eigenvalue weighted by atomic mass is 9.92. The number of anilines is 1. The number of rotatable bonds is 4. The van der Waals surface area contributed by atoms with Crippen LogP contribution in [0.15, 0.2) is 18.2 Å². The lowest BCUT2D eigenvalue weighted by Crippen LogP contribution is -2.33. The molecule has 0 aliphatic heterocycles. The normalized spacial score (nSPS) is 16.7. The van der Waals surface area contributed by atoms with Crippen molar-refractivity contribution in [3.05, 3.63) is 29.3 Å². The van der Waals surface area contributed by atoms with Gasteiger partial charge in [0.1, 0.15) is 0 Å². The fourth-order valence-electron chi connectivity index (χ4n) is 2.35. The second-order valence-electron chi connectivity index (χ2n) is 5.77. The first-order valence-electron chi connectivity index (χ1n) is 6.59. The van der Waals surface area contributed by atoms with E-state index in [4.69, 9.17) is 5.73 Å². The molecule has 98 valence electrons. The van der Waals surface area contributed by atoms with Crippen LogP contribution in [0.2, 0.25) is 0 Å². The molecule has 1 aromatic carbocycles. The van der Waals surface area contributed by atoms with Crippen molar-refractivity contribution in [1.29, 1.82) is 0 Å². The lowest BCUT2D eigenvalue weighted by Gasteiger charge is -2.20. The number of nitrogens with two attached hydrogens (primary N) is 1. The fraction of sp³-hybridized carbons (Fsp3) is 0.533. The molecule has 0 heterocycles. The van der Waals surface area contributed by atoms with Crippen molar-refractivity contribution in [2.75, 3.05) is 12.3 Å².